The largest absolute Gasteiger partial charge is 0.339 e. The number of H-pyrrole nitrogens is 2. The number of piperazine rings is 1. The number of aromatic nitrogens is 2. The predicted octanol–water partition coefficient (Wildman–Crippen LogP) is 0.661. The van der Waals surface area contributed by atoms with E-state index in [1.165, 1.54) is 0 Å². The van der Waals surface area contributed by atoms with Gasteiger partial charge in [0.2, 0.25) is 5.91 Å². The van der Waals surface area contributed by atoms with Gasteiger partial charge in [-0.25, -0.2) is 9.59 Å². The normalized spacial score (nSPS) is 15.0. The summed E-state index contributed by atoms with van der Waals surface area (Å²) in [6.07, 6.45) is 0.279. The van der Waals surface area contributed by atoms with Crippen molar-refractivity contribution < 1.29 is 9.59 Å². The predicted molar refractivity (Wildman–Crippen MR) is 94.4 cm³/mol. The molecule has 3 N–H and O–H groups in total. The van der Waals surface area contributed by atoms with Gasteiger partial charge in [-0.05, 0) is 31.5 Å². The second-order valence-corrected chi connectivity index (χ2v) is 6.61. The molecule has 1 saturated heterocycles. The highest BCUT2D eigenvalue weighted by atomic mass is 16.2. The summed E-state index contributed by atoms with van der Waals surface area (Å²) in [5, 5.41) is 2.87. The number of amides is 3. The summed E-state index contributed by atoms with van der Waals surface area (Å²) in [5.74, 6) is 0.0288. The maximum absolute atomic E-state index is 12.5. The van der Waals surface area contributed by atoms with Crippen LogP contribution in [0.5, 0.6) is 0 Å². The number of hydrogen-bond donors (Lipinski definition) is 3. The molecule has 0 unspecified atom stereocenters. The Bertz CT molecular complexity index is 830. The third kappa shape index (κ3) is 4.01. The van der Waals surface area contributed by atoms with Crippen molar-refractivity contribution in [2.75, 3.05) is 26.2 Å². The highest BCUT2D eigenvalue weighted by Crippen LogP contribution is 2.12. The lowest BCUT2D eigenvalue weighted by molar-refractivity contribution is -0.131. The molecule has 2 heterocycles. The van der Waals surface area contributed by atoms with Crippen LogP contribution in [-0.2, 0) is 11.2 Å². The van der Waals surface area contributed by atoms with Gasteiger partial charge in [0, 0.05) is 32.2 Å². The molecule has 0 aliphatic carbocycles. The molecule has 2 aromatic rings. The van der Waals surface area contributed by atoms with Crippen molar-refractivity contribution in [3.63, 3.8) is 0 Å². The van der Waals surface area contributed by atoms with Crippen LogP contribution in [0.15, 0.2) is 23.0 Å². The van der Waals surface area contributed by atoms with Crippen molar-refractivity contribution in [1.82, 2.24) is 25.1 Å². The van der Waals surface area contributed by atoms with Crippen molar-refractivity contribution in [2.45, 2.75) is 26.3 Å². The Hall–Kier alpha value is -2.77. The summed E-state index contributed by atoms with van der Waals surface area (Å²) >= 11 is 0. The third-order valence-corrected chi connectivity index (χ3v) is 4.27. The van der Waals surface area contributed by atoms with Crippen molar-refractivity contribution in [1.29, 1.82) is 0 Å². The molecule has 3 rings (SSSR count). The van der Waals surface area contributed by atoms with E-state index in [2.05, 4.69) is 15.3 Å². The molecule has 0 bridgehead atoms. The number of imidazole rings is 1. The zero-order valence-corrected chi connectivity index (χ0v) is 14.5. The van der Waals surface area contributed by atoms with Crippen LogP contribution >= 0.6 is 0 Å². The van der Waals surface area contributed by atoms with Gasteiger partial charge in [-0.15, -0.1) is 0 Å². The summed E-state index contributed by atoms with van der Waals surface area (Å²) in [7, 11) is 0. The van der Waals surface area contributed by atoms with Crippen molar-refractivity contribution in [3.8, 4) is 0 Å². The number of rotatable bonds is 3. The highest BCUT2D eigenvalue weighted by molar-refractivity contribution is 5.82. The van der Waals surface area contributed by atoms with Crippen molar-refractivity contribution in [3.05, 3.63) is 34.2 Å². The van der Waals surface area contributed by atoms with E-state index in [9.17, 15) is 14.4 Å². The number of urea groups is 1. The second kappa shape index (κ2) is 7.00. The average Bonchev–Trinajstić information content (AvgIpc) is 2.93. The van der Waals surface area contributed by atoms with E-state index in [1.807, 2.05) is 26.0 Å². The molecule has 8 nitrogen and oxygen atoms in total. The van der Waals surface area contributed by atoms with Crippen LogP contribution < -0.4 is 11.0 Å². The Morgan fingerprint density at radius 2 is 1.72 bits per heavy atom. The van der Waals surface area contributed by atoms with Gasteiger partial charge in [0.05, 0.1) is 17.5 Å². The molecular formula is C17H23N5O3. The maximum atomic E-state index is 12.5. The molecule has 1 aliphatic heterocycles. The number of benzene rings is 1. The first kappa shape index (κ1) is 17.1. The molecule has 25 heavy (non-hydrogen) atoms. The van der Waals surface area contributed by atoms with Crippen molar-refractivity contribution in [2.24, 2.45) is 0 Å². The first-order valence-corrected chi connectivity index (χ1v) is 8.46. The number of nitrogens with one attached hydrogen (secondary N) is 3. The lowest BCUT2D eigenvalue weighted by Crippen LogP contribution is -2.54. The molecule has 1 fully saturated rings. The smallest absolute Gasteiger partial charge is 0.323 e. The monoisotopic (exact) mass is 345 g/mol. The second-order valence-electron chi connectivity index (χ2n) is 6.61. The minimum Gasteiger partial charge on any atom is -0.339 e. The number of hydrogen-bond acceptors (Lipinski definition) is 3. The van der Waals surface area contributed by atoms with Crippen molar-refractivity contribution >= 4 is 23.0 Å². The molecule has 0 radical (unpaired) electrons. The number of nitrogens with zero attached hydrogens (tertiary/aromatic N) is 2. The van der Waals surface area contributed by atoms with Crippen LogP contribution in [0.2, 0.25) is 0 Å². The van der Waals surface area contributed by atoms with E-state index < -0.39 is 0 Å². The molecule has 134 valence electrons. The molecule has 0 spiro atoms. The fraction of sp³-hybridized carbons (Fsp3) is 0.471. The number of aromatic amines is 2. The van der Waals surface area contributed by atoms with Gasteiger partial charge in [0.1, 0.15) is 0 Å². The van der Waals surface area contributed by atoms with Crippen LogP contribution in [0.4, 0.5) is 4.79 Å². The standard InChI is InChI=1S/C17H23N5O3/c1-11(2)18-17(25)22-7-5-21(6-8-22)15(23)10-12-3-4-13-14(9-12)20-16(24)19-13/h3-4,9,11H,5-8,10H2,1-2H3,(H,18,25)(H2,19,20,24). The number of carbonyl (C=O) groups is 2. The van der Waals surface area contributed by atoms with E-state index >= 15 is 0 Å². The fourth-order valence-electron chi connectivity index (χ4n) is 2.97. The minimum atomic E-state index is -0.255. The first-order chi connectivity index (χ1) is 11.9. The zero-order chi connectivity index (χ0) is 18.0. The van der Waals surface area contributed by atoms with E-state index in [-0.39, 0.29) is 30.1 Å². The van der Waals surface area contributed by atoms with Crippen LogP contribution in [-0.4, -0.2) is 63.9 Å². The summed E-state index contributed by atoms with van der Waals surface area (Å²) in [6.45, 7) is 5.99. The quantitative estimate of drug-likeness (QED) is 0.762. The summed E-state index contributed by atoms with van der Waals surface area (Å²) in [5.41, 5.74) is 2.03. The molecular weight excluding hydrogens is 322 g/mol. The summed E-state index contributed by atoms with van der Waals surface area (Å²) < 4.78 is 0. The van der Waals surface area contributed by atoms with Crippen LogP contribution in [0.3, 0.4) is 0 Å². The Balaban J connectivity index is 1.57. The maximum Gasteiger partial charge on any atom is 0.323 e. The lowest BCUT2D eigenvalue weighted by Gasteiger charge is -2.35. The van der Waals surface area contributed by atoms with Gasteiger partial charge < -0.3 is 25.1 Å². The SMILES string of the molecule is CC(C)NC(=O)N1CCN(C(=O)Cc2ccc3[nH]c(=O)[nH]c3c2)CC1. The van der Waals surface area contributed by atoms with Gasteiger partial charge in [0.25, 0.3) is 0 Å². The highest BCUT2D eigenvalue weighted by Gasteiger charge is 2.24. The van der Waals surface area contributed by atoms with Gasteiger partial charge in [-0.3, -0.25) is 4.79 Å². The average molecular weight is 345 g/mol. The molecule has 1 aliphatic rings. The van der Waals surface area contributed by atoms with Gasteiger partial charge in [-0.2, -0.15) is 0 Å². The third-order valence-electron chi connectivity index (χ3n) is 4.27. The molecule has 0 saturated carbocycles. The van der Waals surface area contributed by atoms with E-state index in [0.29, 0.717) is 31.7 Å². The molecule has 8 heteroatoms. The Morgan fingerprint density at radius 3 is 2.40 bits per heavy atom. The molecule has 0 atom stereocenters. The van der Waals surface area contributed by atoms with Crippen LogP contribution in [0, 0.1) is 0 Å². The zero-order valence-electron chi connectivity index (χ0n) is 14.5. The molecule has 1 aromatic carbocycles. The Labute approximate surface area is 145 Å². The summed E-state index contributed by atoms with van der Waals surface area (Å²) in [4.78, 5) is 44.7. The van der Waals surface area contributed by atoms with Gasteiger partial charge in [-0.1, -0.05) is 6.07 Å². The summed E-state index contributed by atoms with van der Waals surface area (Å²) in [6, 6.07) is 5.48. The van der Waals surface area contributed by atoms with Crippen LogP contribution in [0.25, 0.3) is 11.0 Å². The number of carbonyl (C=O) groups excluding carboxylic acids is 2. The number of fused-ring (bicyclic) bond motifs is 1. The van der Waals surface area contributed by atoms with Gasteiger partial charge in [0.15, 0.2) is 0 Å². The first-order valence-electron chi connectivity index (χ1n) is 8.46. The van der Waals surface area contributed by atoms with E-state index in [1.54, 1.807) is 15.9 Å². The minimum absolute atomic E-state index is 0.0288. The molecule has 1 aromatic heterocycles. The molecule has 3 amide bonds. The Morgan fingerprint density at radius 1 is 1.08 bits per heavy atom. The topological polar surface area (TPSA) is 101 Å². The van der Waals surface area contributed by atoms with E-state index in [0.717, 1.165) is 11.1 Å². The van der Waals surface area contributed by atoms with Crippen LogP contribution in [0.1, 0.15) is 19.4 Å². The van der Waals surface area contributed by atoms with E-state index in [4.69, 9.17) is 0 Å². The Kier molecular flexibility index (Phi) is 4.78. The fourth-order valence-corrected chi connectivity index (χ4v) is 2.97. The lowest BCUT2D eigenvalue weighted by atomic mass is 10.1. The van der Waals surface area contributed by atoms with Gasteiger partial charge >= 0.3 is 11.7 Å².